The molecule has 0 aliphatic carbocycles. The quantitative estimate of drug-likeness (QED) is 0.811. The van der Waals surface area contributed by atoms with Crippen molar-refractivity contribution in [3.8, 4) is 0 Å². The minimum Gasteiger partial charge on any atom is -0.388 e. The average Bonchev–Trinajstić information content (AvgIpc) is 2.47. The molecule has 2 aromatic carbocycles. The fourth-order valence-electron chi connectivity index (χ4n) is 2.42. The van der Waals surface area contributed by atoms with Crippen LogP contribution in [0.25, 0.3) is 0 Å². The molecule has 0 fully saturated rings. The lowest BCUT2D eigenvalue weighted by molar-refractivity contribution is 0.168. The van der Waals surface area contributed by atoms with Gasteiger partial charge in [-0.3, -0.25) is 0 Å². The van der Waals surface area contributed by atoms with Crippen LogP contribution >= 0.6 is 0 Å². The van der Waals surface area contributed by atoms with Crippen LogP contribution in [0.5, 0.6) is 0 Å². The van der Waals surface area contributed by atoms with E-state index in [9.17, 15) is 5.11 Å². The Hall–Kier alpha value is -1.60. The summed E-state index contributed by atoms with van der Waals surface area (Å²) in [5.41, 5.74) is 4.94. The highest BCUT2D eigenvalue weighted by Crippen LogP contribution is 2.20. The Morgan fingerprint density at radius 1 is 0.850 bits per heavy atom. The molecule has 1 nitrogen and oxygen atoms in total. The molecule has 2 rings (SSSR count). The van der Waals surface area contributed by atoms with Gasteiger partial charge in [0.25, 0.3) is 0 Å². The highest BCUT2D eigenvalue weighted by atomic mass is 16.3. The second-order valence-corrected chi connectivity index (χ2v) is 5.53. The van der Waals surface area contributed by atoms with Crippen molar-refractivity contribution in [3.63, 3.8) is 0 Å². The Kier molecular flexibility index (Phi) is 5.37. The largest absolute Gasteiger partial charge is 0.388 e. The van der Waals surface area contributed by atoms with Crippen molar-refractivity contribution in [1.29, 1.82) is 0 Å². The minimum absolute atomic E-state index is 0.369. The summed E-state index contributed by atoms with van der Waals surface area (Å²) >= 11 is 0. The lowest BCUT2D eigenvalue weighted by Gasteiger charge is -2.12. The molecule has 2 aromatic rings. The second kappa shape index (κ2) is 7.25. The maximum atomic E-state index is 10.3. The first-order valence-electron chi connectivity index (χ1n) is 7.51. The summed E-state index contributed by atoms with van der Waals surface area (Å²) in [7, 11) is 0. The standard InChI is InChI=1S/C19H24O/c1-3-4-16-9-12-18(13-10-16)19(20)14-11-17-7-5-15(2)6-8-17/h5-10,12-13,19-20H,3-4,11,14H2,1-2H3. The molecule has 0 heterocycles. The van der Waals surface area contributed by atoms with Crippen LogP contribution in [0.4, 0.5) is 0 Å². The molecule has 0 aromatic heterocycles. The zero-order valence-corrected chi connectivity index (χ0v) is 12.5. The van der Waals surface area contributed by atoms with Crippen LogP contribution in [0, 0.1) is 6.92 Å². The van der Waals surface area contributed by atoms with E-state index in [0.717, 1.165) is 31.2 Å². The molecule has 0 saturated heterocycles. The van der Waals surface area contributed by atoms with E-state index in [-0.39, 0.29) is 6.10 Å². The molecule has 1 N–H and O–H groups in total. The molecule has 0 radical (unpaired) electrons. The van der Waals surface area contributed by atoms with Crippen molar-refractivity contribution in [2.75, 3.05) is 0 Å². The minimum atomic E-state index is -0.369. The molecule has 1 heteroatoms. The summed E-state index contributed by atoms with van der Waals surface area (Å²) < 4.78 is 0. The average molecular weight is 268 g/mol. The molecule has 1 unspecified atom stereocenters. The highest BCUT2D eigenvalue weighted by Gasteiger charge is 2.07. The number of benzene rings is 2. The Labute approximate surface area is 122 Å². The molecular weight excluding hydrogens is 244 g/mol. The smallest absolute Gasteiger partial charge is 0.0793 e. The summed E-state index contributed by atoms with van der Waals surface area (Å²) in [6.45, 7) is 4.28. The first kappa shape index (κ1) is 14.8. The van der Waals surface area contributed by atoms with Crippen LogP contribution in [0.1, 0.15) is 48.1 Å². The molecule has 20 heavy (non-hydrogen) atoms. The third-order valence-corrected chi connectivity index (χ3v) is 3.73. The first-order chi connectivity index (χ1) is 9.69. The topological polar surface area (TPSA) is 20.2 Å². The van der Waals surface area contributed by atoms with Crippen molar-refractivity contribution in [3.05, 3.63) is 70.8 Å². The van der Waals surface area contributed by atoms with Gasteiger partial charge in [-0.25, -0.2) is 0 Å². The molecule has 106 valence electrons. The fraction of sp³-hybridized carbons (Fsp3) is 0.368. The summed E-state index contributed by atoms with van der Waals surface area (Å²) in [5.74, 6) is 0. The first-order valence-corrected chi connectivity index (χ1v) is 7.51. The second-order valence-electron chi connectivity index (χ2n) is 5.53. The molecule has 0 aliphatic rings. The van der Waals surface area contributed by atoms with Crippen LogP contribution in [0.3, 0.4) is 0 Å². The van der Waals surface area contributed by atoms with Gasteiger partial charge in [-0.15, -0.1) is 0 Å². The van der Waals surface area contributed by atoms with E-state index in [1.54, 1.807) is 0 Å². The Morgan fingerprint density at radius 2 is 1.40 bits per heavy atom. The lowest BCUT2D eigenvalue weighted by Crippen LogP contribution is -2.00. The van der Waals surface area contributed by atoms with Crippen LogP contribution in [-0.2, 0) is 12.8 Å². The van der Waals surface area contributed by atoms with E-state index in [0.29, 0.717) is 0 Å². The molecule has 0 amide bonds. The maximum absolute atomic E-state index is 10.3. The maximum Gasteiger partial charge on any atom is 0.0793 e. The van der Waals surface area contributed by atoms with Crippen LogP contribution in [0.15, 0.2) is 48.5 Å². The molecule has 0 bridgehead atoms. The van der Waals surface area contributed by atoms with Gasteiger partial charge in [0.15, 0.2) is 0 Å². The van der Waals surface area contributed by atoms with Gasteiger partial charge in [-0.1, -0.05) is 67.4 Å². The number of rotatable bonds is 6. The van der Waals surface area contributed by atoms with Gasteiger partial charge in [0, 0.05) is 0 Å². The van der Waals surface area contributed by atoms with Gasteiger partial charge in [0.05, 0.1) is 6.10 Å². The lowest BCUT2D eigenvalue weighted by atomic mass is 9.99. The van der Waals surface area contributed by atoms with Crippen molar-refractivity contribution in [2.24, 2.45) is 0 Å². The third-order valence-electron chi connectivity index (χ3n) is 3.73. The SMILES string of the molecule is CCCc1ccc(C(O)CCc2ccc(C)cc2)cc1. The van der Waals surface area contributed by atoms with Gasteiger partial charge in [0.1, 0.15) is 0 Å². The Bertz CT molecular complexity index is 510. The monoisotopic (exact) mass is 268 g/mol. The van der Waals surface area contributed by atoms with Gasteiger partial charge >= 0.3 is 0 Å². The summed E-state index contributed by atoms with van der Waals surface area (Å²) in [5, 5.41) is 10.3. The van der Waals surface area contributed by atoms with E-state index in [1.165, 1.54) is 16.7 Å². The number of aliphatic hydroxyl groups is 1. The van der Waals surface area contributed by atoms with Gasteiger partial charge in [-0.05, 0) is 42.9 Å². The van der Waals surface area contributed by atoms with Crippen LogP contribution in [-0.4, -0.2) is 5.11 Å². The van der Waals surface area contributed by atoms with Crippen molar-refractivity contribution in [1.82, 2.24) is 0 Å². The van der Waals surface area contributed by atoms with Gasteiger partial charge < -0.3 is 5.11 Å². The Morgan fingerprint density at radius 3 is 2.00 bits per heavy atom. The van der Waals surface area contributed by atoms with Crippen LogP contribution in [0.2, 0.25) is 0 Å². The van der Waals surface area contributed by atoms with Crippen molar-refractivity contribution < 1.29 is 5.11 Å². The summed E-state index contributed by atoms with van der Waals surface area (Å²) in [4.78, 5) is 0. The van der Waals surface area contributed by atoms with E-state index in [1.807, 2.05) is 0 Å². The zero-order chi connectivity index (χ0) is 14.4. The number of hydrogen-bond acceptors (Lipinski definition) is 1. The third kappa shape index (κ3) is 4.21. The van der Waals surface area contributed by atoms with E-state index < -0.39 is 0 Å². The zero-order valence-electron chi connectivity index (χ0n) is 12.5. The van der Waals surface area contributed by atoms with Crippen molar-refractivity contribution >= 4 is 0 Å². The Balaban J connectivity index is 1.90. The molecule has 1 atom stereocenters. The number of aryl methyl sites for hydroxylation is 3. The normalized spacial score (nSPS) is 12.3. The van der Waals surface area contributed by atoms with Gasteiger partial charge in [0.2, 0.25) is 0 Å². The van der Waals surface area contributed by atoms with Crippen LogP contribution < -0.4 is 0 Å². The molecule has 0 aliphatic heterocycles. The molecular formula is C19H24O. The summed E-state index contributed by atoms with van der Waals surface area (Å²) in [6, 6.07) is 16.9. The fourth-order valence-corrected chi connectivity index (χ4v) is 2.42. The number of hydrogen-bond donors (Lipinski definition) is 1. The predicted molar refractivity (Wildman–Crippen MR) is 84.9 cm³/mol. The summed E-state index contributed by atoms with van der Waals surface area (Å²) in [6.07, 6.45) is 3.59. The van der Waals surface area contributed by atoms with Gasteiger partial charge in [-0.2, -0.15) is 0 Å². The van der Waals surface area contributed by atoms with E-state index in [4.69, 9.17) is 0 Å². The molecule has 0 spiro atoms. The van der Waals surface area contributed by atoms with E-state index in [2.05, 4.69) is 62.4 Å². The number of aliphatic hydroxyl groups excluding tert-OH is 1. The highest BCUT2D eigenvalue weighted by molar-refractivity contribution is 5.25. The van der Waals surface area contributed by atoms with Crippen molar-refractivity contribution in [2.45, 2.75) is 45.6 Å². The van der Waals surface area contributed by atoms with E-state index >= 15 is 0 Å². The predicted octanol–water partition coefficient (Wildman–Crippen LogP) is 4.61. The molecule has 0 saturated carbocycles.